The Kier molecular flexibility index (Phi) is 2.98. The Hall–Kier alpha value is -0.890. The second-order valence-corrected chi connectivity index (χ2v) is 8.23. The molecular formula is C19H26FN. The van der Waals surface area contributed by atoms with E-state index in [1.54, 1.807) is 0 Å². The Balaban J connectivity index is 1.70. The van der Waals surface area contributed by atoms with Gasteiger partial charge in [0.1, 0.15) is 5.82 Å². The number of rotatable bonds is 2. The molecule has 1 nitrogen and oxygen atoms in total. The maximum atomic E-state index is 13.9. The molecule has 0 radical (unpaired) electrons. The standard InChI is InChI=1S/C19H26FN/c1-11-3-16(4-12(2)17(11)20)18(21)19-8-13-5-14(9-19)7-15(6-13)10-19/h3-4,13-15,18H,5-10,21H2,1-2H3. The first-order chi connectivity index (χ1) is 9.97. The molecule has 2 N–H and O–H groups in total. The van der Waals surface area contributed by atoms with Crippen LogP contribution in [-0.2, 0) is 0 Å². The Morgan fingerprint density at radius 3 is 1.86 bits per heavy atom. The van der Waals surface area contributed by atoms with Crippen molar-refractivity contribution in [2.75, 3.05) is 0 Å². The lowest BCUT2D eigenvalue weighted by molar-refractivity contribution is -0.0678. The molecular weight excluding hydrogens is 261 g/mol. The number of nitrogens with two attached hydrogens (primary N) is 1. The van der Waals surface area contributed by atoms with E-state index in [2.05, 4.69) is 0 Å². The first-order valence-corrected chi connectivity index (χ1v) is 8.49. The Morgan fingerprint density at radius 1 is 1.00 bits per heavy atom. The maximum Gasteiger partial charge on any atom is 0.129 e. The van der Waals surface area contributed by atoms with Gasteiger partial charge in [0, 0.05) is 6.04 Å². The van der Waals surface area contributed by atoms with Crippen molar-refractivity contribution in [1.82, 2.24) is 0 Å². The second-order valence-electron chi connectivity index (χ2n) is 8.23. The van der Waals surface area contributed by atoms with Crippen LogP contribution in [0, 0.1) is 42.8 Å². The van der Waals surface area contributed by atoms with Crippen LogP contribution in [0.1, 0.15) is 61.3 Å². The van der Waals surface area contributed by atoms with E-state index in [0.29, 0.717) is 5.41 Å². The third-order valence-corrected chi connectivity index (χ3v) is 6.56. The molecule has 0 aliphatic heterocycles. The van der Waals surface area contributed by atoms with Crippen LogP contribution in [0.3, 0.4) is 0 Å². The first kappa shape index (κ1) is 13.8. The van der Waals surface area contributed by atoms with Gasteiger partial charge in [-0.25, -0.2) is 4.39 Å². The molecule has 1 unspecified atom stereocenters. The quantitative estimate of drug-likeness (QED) is 0.841. The summed E-state index contributed by atoms with van der Waals surface area (Å²) in [6.07, 6.45) is 8.22. The number of hydrogen-bond acceptors (Lipinski definition) is 1. The highest BCUT2D eigenvalue weighted by Crippen LogP contribution is 2.63. The van der Waals surface area contributed by atoms with Gasteiger partial charge < -0.3 is 5.73 Å². The second kappa shape index (κ2) is 4.55. The van der Waals surface area contributed by atoms with E-state index in [9.17, 15) is 4.39 Å². The normalized spacial score (nSPS) is 38.8. The molecule has 0 amide bonds. The number of halogens is 1. The van der Waals surface area contributed by atoms with Gasteiger partial charge in [-0.1, -0.05) is 12.1 Å². The van der Waals surface area contributed by atoms with E-state index >= 15 is 0 Å². The summed E-state index contributed by atoms with van der Waals surface area (Å²) in [6.45, 7) is 3.72. The molecule has 1 atom stereocenters. The van der Waals surface area contributed by atoms with E-state index in [-0.39, 0.29) is 11.9 Å². The van der Waals surface area contributed by atoms with Crippen molar-refractivity contribution < 1.29 is 4.39 Å². The molecule has 5 rings (SSSR count). The SMILES string of the molecule is Cc1cc(C(N)C23CC4CC(CC(C4)C2)C3)cc(C)c1F. The number of benzene rings is 1. The molecule has 1 aromatic rings. The number of aryl methyl sites for hydroxylation is 2. The van der Waals surface area contributed by atoms with Crippen LogP contribution >= 0.6 is 0 Å². The predicted molar refractivity (Wildman–Crippen MR) is 83.4 cm³/mol. The molecule has 114 valence electrons. The first-order valence-electron chi connectivity index (χ1n) is 8.49. The molecule has 4 saturated carbocycles. The lowest BCUT2D eigenvalue weighted by atomic mass is 9.47. The van der Waals surface area contributed by atoms with Gasteiger partial charge in [0.2, 0.25) is 0 Å². The zero-order valence-electron chi connectivity index (χ0n) is 13.2. The maximum absolute atomic E-state index is 13.9. The van der Waals surface area contributed by atoms with E-state index in [1.807, 2.05) is 26.0 Å². The monoisotopic (exact) mass is 287 g/mol. The molecule has 0 spiro atoms. The van der Waals surface area contributed by atoms with Crippen LogP contribution in [0.2, 0.25) is 0 Å². The van der Waals surface area contributed by atoms with Gasteiger partial charge in [0.25, 0.3) is 0 Å². The highest BCUT2D eigenvalue weighted by molar-refractivity contribution is 5.33. The molecule has 4 aliphatic carbocycles. The third kappa shape index (κ3) is 2.06. The fourth-order valence-corrected chi connectivity index (χ4v) is 6.07. The highest BCUT2D eigenvalue weighted by atomic mass is 19.1. The fraction of sp³-hybridized carbons (Fsp3) is 0.684. The van der Waals surface area contributed by atoms with Crippen molar-refractivity contribution >= 4 is 0 Å². The molecule has 0 heterocycles. The van der Waals surface area contributed by atoms with Crippen LogP contribution in [0.15, 0.2) is 12.1 Å². The average molecular weight is 287 g/mol. The Morgan fingerprint density at radius 2 is 1.43 bits per heavy atom. The third-order valence-electron chi connectivity index (χ3n) is 6.56. The van der Waals surface area contributed by atoms with Crippen molar-refractivity contribution in [1.29, 1.82) is 0 Å². The zero-order chi connectivity index (χ0) is 14.8. The number of hydrogen-bond donors (Lipinski definition) is 1. The van der Waals surface area contributed by atoms with Crippen molar-refractivity contribution in [3.8, 4) is 0 Å². The molecule has 21 heavy (non-hydrogen) atoms. The van der Waals surface area contributed by atoms with E-state index in [0.717, 1.165) is 34.4 Å². The summed E-state index contributed by atoms with van der Waals surface area (Å²) in [7, 11) is 0. The van der Waals surface area contributed by atoms with E-state index in [1.165, 1.54) is 38.5 Å². The van der Waals surface area contributed by atoms with Crippen molar-refractivity contribution in [2.24, 2.45) is 28.9 Å². The zero-order valence-corrected chi connectivity index (χ0v) is 13.2. The van der Waals surface area contributed by atoms with E-state index < -0.39 is 0 Å². The van der Waals surface area contributed by atoms with Gasteiger partial charge in [-0.2, -0.15) is 0 Å². The predicted octanol–water partition coefficient (Wildman–Crippen LogP) is 4.66. The molecule has 4 aliphatic rings. The van der Waals surface area contributed by atoms with Crippen LogP contribution in [0.25, 0.3) is 0 Å². The smallest absolute Gasteiger partial charge is 0.129 e. The molecule has 2 heteroatoms. The van der Waals surface area contributed by atoms with Gasteiger partial charge in [-0.15, -0.1) is 0 Å². The summed E-state index contributed by atoms with van der Waals surface area (Å²) in [6, 6.07) is 4.07. The highest BCUT2D eigenvalue weighted by Gasteiger charge is 2.53. The van der Waals surface area contributed by atoms with Gasteiger partial charge in [0.15, 0.2) is 0 Å². The minimum absolute atomic E-state index is 0.0727. The Labute approximate surface area is 127 Å². The summed E-state index contributed by atoms with van der Waals surface area (Å²) in [5, 5.41) is 0. The van der Waals surface area contributed by atoms with Crippen LogP contribution in [0.5, 0.6) is 0 Å². The van der Waals surface area contributed by atoms with Crippen molar-refractivity contribution in [3.63, 3.8) is 0 Å². The summed E-state index contributed by atoms with van der Waals surface area (Å²) in [5.41, 5.74) is 9.70. The largest absolute Gasteiger partial charge is 0.323 e. The van der Waals surface area contributed by atoms with Crippen molar-refractivity contribution in [2.45, 2.75) is 58.4 Å². The fourth-order valence-electron chi connectivity index (χ4n) is 6.07. The minimum Gasteiger partial charge on any atom is -0.323 e. The summed E-state index contributed by atoms with van der Waals surface area (Å²) >= 11 is 0. The molecule has 0 aromatic heterocycles. The van der Waals surface area contributed by atoms with Gasteiger partial charge >= 0.3 is 0 Å². The van der Waals surface area contributed by atoms with E-state index in [4.69, 9.17) is 5.73 Å². The Bertz CT molecular complexity index is 519. The van der Waals surface area contributed by atoms with Crippen LogP contribution < -0.4 is 5.73 Å². The van der Waals surface area contributed by atoms with Gasteiger partial charge in [-0.3, -0.25) is 0 Å². The average Bonchev–Trinajstić information content (AvgIpc) is 2.42. The molecule has 1 aromatic carbocycles. The molecule has 0 saturated heterocycles. The van der Waals surface area contributed by atoms with Gasteiger partial charge in [0.05, 0.1) is 0 Å². The van der Waals surface area contributed by atoms with Crippen LogP contribution in [0.4, 0.5) is 4.39 Å². The van der Waals surface area contributed by atoms with Gasteiger partial charge in [-0.05, 0) is 92.2 Å². The lowest BCUT2D eigenvalue weighted by Gasteiger charge is -2.59. The minimum atomic E-state index is -0.0727. The van der Waals surface area contributed by atoms with Crippen LogP contribution in [-0.4, -0.2) is 0 Å². The lowest BCUT2D eigenvalue weighted by Crippen LogP contribution is -2.50. The summed E-state index contributed by atoms with van der Waals surface area (Å²) < 4.78 is 13.9. The molecule has 4 bridgehead atoms. The molecule has 4 fully saturated rings. The summed E-state index contributed by atoms with van der Waals surface area (Å²) in [5.74, 6) is 2.65. The topological polar surface area (TPSA) is 26.0 Å². The summed E-state index contributed by atoms with van der Waals surface area (Å²) in [4.78, 5) is 0. The van der Waals surface area contributed by atoms with Crippen molar-refractivity contribution in [3.05, 3.63) is 34.6 Å².